The Kier molecular flexibility index (Phi) is 5.03. The molecule has 1 aliphatic carbocycles. The number of anilines is 2. The summed E-state index contributed by atoms with van der Waals surface area (Å²) in [6.45, 7) is 0.898. The predicted octanol–water partition coefficient (Wildman–Crippen LogP) is 3.16. The third kappa shape index (κ3) is 3.72. The number of aromatic nitrogens is 2. The van der Waals surface area contributed by atoms with Crippen LogP contribution in [-0.2, 0) is 11.2 Å². The van der Waals surface area contributed by atoms with Crippen molar-refractivity contribution in [2.45, 2.75) is 25.4 Å². The van der Waals surface area contributed by atoms with Crippen LogP contribution in [0.4, 0.5) is 11.4 Å². The number of hydrogen-bond acceptors (Lipinski definition) is 5. The van der Waals surface area contributed by atoms with Crippen molar-refractivity contribution in [2.24, 2.45) is 5.92 Å². The summed E-state index contributed by atoms with van der Waals surface area (Å²) in [5.74, 6) is -0.499. The number of ketones is 1. The van der Waals surface area contributed by atoms with Crippen molar-refractivity contribution in [3.8, 4) is 11.3 Å². The summed E-state index contributed by atoms with van der Waals surface area (Å²) < 4.78 is 0. The van der Waals surface area contributed by atoms with E-state index in [1.807, 2.05) is 42.5 Å². The Labute approximate surface area is 180 Å². The number of H-pyrrole nitrogens is 1. The minimum absolute atomic E-state index is 0.0469. The normalized spacial score (nSPS) is 20.5. The van der Waals surface area contributed by atoms with Crippen LogP contribution in [0.25, 0.3) is 11.3 Å². The Hall–Kier alpha value is -3.45. The number of pyridine rings is 1. The molecule has 1 saturated heterocycles. The standard InChI is InChI=1S/C24H24N4O3/c29-18-8-11-28(14-18)24(31)16-12-19-21(20(30)13-16)23(26-17-4-2-1-3-5-17)22(27-19)15-6-9-25-10-7-15/h1-7,9-10,16,18,26-27,29H,8,11-14H2/t16?,18-/m0/s1. The van der Waals surface area contributed by atoms with E-state index in [2.05, 4.69) is 15.3 Å². The zero-order valence-electron chi connectivity index (χ0n) is 17.0. The van der Waals surface area contributed by atoms with Crippen LogP contribution >= 0.6 is 0 Å². The number of benzene rings is 1. The highest BCUT2D eigenvalue weighted by atomic mass is 16.3. The van der Waals surface area contributed by atoms with Crippen LogP contribution in [0.2, 0.25) is 0 Å². The minimum atomic E-state index is -0.468. The van der Waals surface area contributed by atoms with Gasteiger partial charge < -0.3 is 20.3 Å². The Morgan fingerprint density at radius 2 is 1.90 bits per heavy atom. The highest BCUT2D eigenvalue weighted by Crippen LogP contribution is 2.40. The largest absolute Gasteiger partial charge is 0.391 e. The number of aliphatic hydroxyl groups excluding tert-OH is 1. The fraction of sp³-hybridized carbons (Fsp3) is 0.292. The lowest BCUT2D eigenvalue weighted by Gasteiger charge is -2.26. The number of likely N-dealkylation sites (tertiary alicyclic amines) is 1. The van der Waals surface area contributed by atoms with Gasteiger partial charge in [-0.05, 0) is 30.7 Å². The van der Waals surface area contributed by atoms with Crippen molar-refractivity contribution >= 4 is 23.1 Å². The van der Waals surface area contributed by atoms with Crippen molar-refractivity contribution in [2.75, 3.05) is 18.4 Å². The molecule has 1 aromatic carbocycles. The highest BCUT2D eigenvalue weighted by molar-refractivity contribution is 6.09. The molecular formula is C24H24N4O3. The molecule has 0 spiro atoms. The highest BCUT2D eigenvalue weighted by Gasteiger charge is 2.38. The lowest BCUT2D eigenvalue weighted by Crippen LogP contribution is -2.38. The van der Waals surface area contributed by atoms with Crippen molar-refractivity contribution in [1.82, 2.24) is 14.9 Å². The number of hydrogen-bond donors (Lipinski definition) is 3. The Bertz CT molecular complexity index is 1110. The molecule has 2 aromatic heterocycles. The van der Waals surface area contributed by atoms with Gasteiger partial charge in [-0.25, -0.2) is 0 Å². The molecule has 158 valence electrons. The van der Waals surface area contributed by atoms with Crippen LogP contribution in [0, 0.1) is 5.92 Å². The molecule has 0 saturated carbocycles. The number of fused-ring (bicyclic) bond motifs is 1. The molecule has 1 amide bonds. The van der Waals surface area contributed by atoms with E-state index in [0.717, 1.165) is 28.3 Å². The van der Waals surface area contributed by atoms with Gasteiger partial charge in [-0.3, -0.25) is 14.6 Å². The molecule has 1 unspecified atom stereocenters. The third-order valence-electron chi connectivity index (χ3n) is 6.08. The number of β-amino-alcohol motifs (C(OH)–C–C–N with tert-alkyl or cyclic N) is 1. The van der Waals surface area contributed by atoms with E-state index in [4.69, 9.17) is 0 Å². The molecular weight excluding hydrogens is 392 g/mol. The number of aromatic amines is 1. The molecule has 2 aliphatic rings. The van der Waals surface area contributed by atoms with Crippen LogP contribution in [-0.4, -0.2) is 50.9 Å². The molecule has 2 atom stereocenters. The molecule has 0 bridgehead atoms. The molecule has 7 nitrogen and oxygen atoms in total. The molecule has 3 aromatic rings. The Morgan fingerprint density at radius 1 is 1.13 bits per heavy atom. The van der Waals surface area contributed by atoms with Gasteiger partial charge in [-0.2, -0.15) is 0 Å². The summed E-state index contributed by atoms with van der Waals surface area (Å²) in [6.07, 6.45) is 4.21. The van der Waals surface area contributed by atoms with E-state index < -0.39 is 12.0 Å². The predicted molar refractivity (Wildman–Crippen MR) is 117 cm³/mol. The second-order valence-electron chi connectivity index (χ2n) is 8.21. The molecule has 3 heterocycles. The van der Waals surface area contributed by atoms with Crippen molar-refractivity contribution < 1.29 is 14.7 Å². The van der Waals surface area contributed by atoms with E-state index in [1.54, 1.807) is 17.3 Å². The topological polar surface area (TPSA) is 98.3 Å². The first-order valence-electron chi connectivity index (χ1n) is 10.6. The Balaban J connectivity index is 1.52. The quantitative estimate of drug-likeness (QED) is 0.607. The number of carbonyl (C=O) groups is 2. The number of rotatable bonds is 4. The smallest absolute Gasteiger partial charge is 0.226 e. The van der Waals surface area contributed by atoms with Crippen LogP contribution in [0.1, 0.15) is 28.9 Å². The summed E-state index contributed by atoms with van der Waals surface area (Å²) in [5.41, 5.74) is 4.76. The van der Waals surface area contributed by atoms with E-state index in [-0.39, 0.29) is 18.1 Å². The molecule has 31 heavy (non-hydrogen) atoms. The second kappa shape index (κ2) is 8.00. The van der Waals surface area contributed by atoms with Gasteiger partial charge in [0.2, 0.25) is 5.91 Å². The Morgan fingerprint density at radius 3 is 2.61 bits per heavy atom. The van der Waals surface area contributed by atoms with E-state index in [0.29, 0.717) is 31.5 Å². The SMILES string of the molecule is O=C1CC(C(=O)N2CC[C@H](O)C2)Cc2[nH]c(-c3ccncc3)c(Nc3ccccc3)c21. The minimum Gasteiger partial charge on any atom is -0.391 e. The lowest BCUT2D eigenvalue weighted by molar-refractivity contribution is -0.134. The first kappa shape index (κ1) is 19.5. The van der Waals surface area contributed by atoms with Gasteiger partial charge in [0.25, 0.3) is 0 Å². The van der Waals surface area contributed by atoms with Crippen LogP contribution < -0.4 is 5.32 Å². The van der Waals surface area contributed by atoms with Gasteiger partial charge in [-0.15, -0.1) is 0 Å². The average Bonchev–Trinajstić information content (AvgIpc) is 3.38. The number of carbonyl (C=O) groups excluding carboxylic acids is 2. The lowest BCUT2D eigenvalue weighted by atomic mass is 9.85. The zero-order valence-corrected chi connectivity index (χ0v) is 17.0. The number of aliphatic hydroxyl groups is 1. The van der Waals surface area contributed by atoms with Gasteiger partial charge in [0.1, 0.15) is 0 Å². The third-order valence-corrected chi connectivity index (χ3v) is 6.08. The summed E-state index contributed by atoms with van der Waals surface area (Å²) in [6, 6.07) is 13.5. The molecule has 3 N–H and O–H groups in total. The first-order valence-corrected chi connectivity index (χ1v) is 10.6. The molecule has 5 rings (SSSR count). The average molecular weight is 416 g/mol. The number of nitrogens with zero attached hydrogens (tertiary/aromatic N) is 2. The summed E-state index contributed by atoms with van der Waals surface area (Å²) in [7, 11) is 0. The van der Waals surface area contributed by atoms with Gasteiger partial charge in [0.15, 0.2) is 5.78 Å². The van der Waals surface area contributed by atoms with Crippen molar-refractivity contribution in [1.29, 1.82) is 0 Å². The summed E-state index contributed by atoms with van der Waals surface area (Å²) >= 11 is 0. The monoisotopic (exact) mass is 416 g/mol. The van der Waals surface area contributed by atoms with Crippen molar-refractivity contribution in [3.05, 3.63) is 66.1 Å². The van der Waals surface area contributed by atoms with Crippen LogP contribution in [0.5, 0.6) is 0 Å². The number of para-hydroxylation sites is 1. The second-order valence-corrected chi connectivity index (χ2v) is 8.21. The number of amides is 1. The fourth-order valence-corrected chi connectivity index (χ4v) is 4.56. The van der Waals surface area contributed by atoms with E-state index >= 15 is 0 Å². The van der Waals surface area contributed by atoms with Gasteiger partial charge in [0, 0.05) is 55.3 Å². The zero-order chi connectivity index (χ0) is 21.4. The van der Waals surface area contributed by atoms with E-state index in [1.165, 1.54) is 0 Å². The molecule has 1 aliphatic heterocycles. The van der Waals surface area contributed by atoms with Gasteiger partial charge in [0.05, 0.1) is 29.0 Å². The summed E-state index contributed by atoms with van der Waals surface area (Å²) in [4.78, 5) is 35.4. The van der Waals surface area contributed by atoms with Crippen LogP contribution in [0.3, 0.4) is 0 Å². The van der Waals surface area contributed by atoms with Crippen LogP contribution in [0.15, 0.2) is 54.9 Å². The van der Waals surface area contributed by atoms with E-state index in [9.17, 15) is 14.7 Å². The fourth-order valence-electron chi connectivity index (χ4n) is 4.56. The maximum absolute atomic E-state index is 13.2. The number of Topliss-reactive ketones (excluding diaryl/α,β-unsaturated/α-hetero) is 1. The first-order chi connectivity index (χ1) is 15.1. The van der Waals surface area contributed by atoms with Gasteiger partial charge >= 0.3 is 0 Å². The maximum atomic E-state index is 13.2. The maximum Gasteiger partial charge on any atom is 0.226 e. The number of nitrogens with one attached hydrogen (secondary N) is 2. The molecule has 0 radical (unpaired) electrons. The molecule has 1 fully saturated rings. The van der Waals surface area contributed by atoms with Gasteiger partial charge in [-0.1, -0.05) is 18.2 Å². The summed E-state index contributed by atoms with van der Waals surface area (Å²) in [5, 5.41) is 13.2. The van der Waals surface area contributed by atoms with Crippen molar-refractivity contribution in [3.63, 3.8) is 0 Å². The molecule has 7 heteroatoms.